The van der Waals surface area contributed by atoms with Gasteiger partial charge in [-0.3, -0.25) is 9.59 Å². The summed E-state index contributed by atoms with van der Waals surface area (Å²) in [4.78, 5) is 24.6. The third-order valence-electron chi connectivity index (χ3n) is 3.48. The number of likely N-dealkylation sites (N-methyl/N-ethyl adjacent to an activating group) is 1. The molecule has 0 aliphatic carbocycles. The van der Waals surface area contributed by atoms with Gasteiger partial charge in [0.15, 0.2) is 0 Å². The number of benzene rings is 1. The largest absolute Gasteiger partial charge is 0.353 e. The molecule has 1 aromatic rings. The second-order valence-electron chi connectivity index (χ2n) is 5.65. The van der Waals surface area contributed by atoms with E-state index in [1.165, 1.54) is 0 Å². The minimum absolute atomic E-state index is 0.0205. The minimum atomic E-state index is -0.534. The smallest absolute Gasteiger partial charge is 0.252 e. The Bertz CT molecular complexity index is 500. The first-order chi connectivity index (χ1) is 10.5. The van der Waals surface area contributed by atoms with Crippen LogP contribution in [0.4, 0.5) is 0 Å². The first kappa shape index (κ1) is 18.2. The summed E-state index contributed by atoms with van der Waals surface area (Å²) in [5.41, 5.74) is 1.50. The highest BCUT2D eigenvalue weighted by Crippen LogP contribution is 2.09. The van der Waals surface area contributed by atoms with Gasteiger partial charge in [0.05, 0.1) is 0 Å². The van der Waals surface area contributed by atoms with Gasteiger partial charge >= 0.3 is 0 Å². The van der Waals surface area contributed by atoms with Gasteiger partial charge in [0.1, 0.15) is 6.04 Å². The molecule has 1 aromatic carbocycles. The molecule has 0 bridgehead atoms. The summed E-state index contributed by atoms with van der Waals surface area (Å²) in [6.07, 6.45) is 0. The molecule has 0 aromatic heterocycles. The van der Waals surface area contributed by atoms with E-state index < -0.39 is 6.04 Å². The Balaban J connectivity index is 2.66. The van der Waals surface area contributed by atoms with Gasteiger partial charge in [0.2, 0.25) is 5.91 Å². The Hall–Kier alpha value is -1.88. The van der Waals surface area contributed by atoms with Crippen LogP contribution in [0.5, 0.6) is 0 Å². The molecule has 3 N–H and O–H groups in total. The van der Waals surface area contributed by atoms with Crippen molar-refractivity contribution in [3.8, 4) is 0 Å². The number of hydrogen-bond acceptors (Lipinski definition) is 3. The molecule has 122 valence electrons. The van der Waals surface area contributed by atoms with Crippen LogP contribution in [0.2, 0.25) is 0 Å². The van der Waals surface area contributed by atoms with Crippen LogP contribution in [0.1, 0.15) is 36.7 Å². The molecule has 1 unspecified atom stereocenters. The molecule has 0 heterocycles. The molecule has 0 saturated heterocycles. The van der Waals surface area contributed by atoms with Crippen molar-refractivity contribution in [2.75, 3.05) is 19.6 Å². The predicted molar refractivity (Wildman–Crippen MR) is 88.8 cm³/mol. The SMILES string of the molecule is CCNCCNC(=O)C(NC(=O)c1ccccc1C)C(C)C. The molecule has 22 heavy (non-hydrogen) atoms. The maximum Gasteiger partial charge on any atom is 0.252 e. The lowest BCUT2D eigenvalue weighted by Gasteiger charge is -2.22. The molecule has 5 nitrogen and oxygen atoms in total. The van der Waals surface area contributed by atoms with Crippen molar-refractivity contribution in [1.29, 1.82) is 0 Å². The normalized spacial score (nSPS) is 12.0. The van der Waals surface area contributed by atoms with E-state index in [0.717, 1.165) is 18.7 Å². The Morgan fingerprint density at radius 3 is 2.41 bits per heavy atom. The van der Waals surface area contributed by atoms with E-state index in [4.69, 9.17) is 0 Å². The first-order valence-corrected chi connectivity index (χ1v) is 7.82. The van der Waals surface area contributed by atoms with E-state index >= 15 is 0 Å². The Labute approximate surface area is 132 Å². The van der Waals surface area contributed by atoms with Gasteiger partial charge in [-0.1, -0.05) is 39.0 Å². The van der Waals surface area contributed by atoms with Crippen molar-refractivity contribution in [1.82, 2.24) is 16.0 Å². The third kappa shape index (κ3) is 5.48. The molecular formula is C17H27N3O2. The maximum atomic E-state index is 12.4. The van der Waals surface area contributed by atoms with E-state index in [1.54, 1.807) is 6.07 Å². The number of nitrogens with one attached hydrogen (secondary N) is 3. The van der Waals surface area contributed by atoms with E-state index in [1.807, 2.05) is 45.9 Å². The van der Waals surface area contributed by atoms with Crippen molar-refractivity contribution < 1.29 is 9.59 Å². The van der Waals surface area contributed by atoms with Gasteiger partial charge in [-0.15, -0.1) is 0 Å². The van der Waals surface area contributed by atoms with E-state index in [2.05, 4.69) is 16.0 Å². The summed E-state index contributed by atoms with van der Waals surface area (Å²) < 4.78 is 0. The van der Waals surface area contributed by atoms with E-state index in [9.17, 15) is 9.59 Å². The zero-order chi connectivity index (χ0) is 16.5. The second kappa shape index (κ2) is 9.20. The topological polar surface area (TPSA) is 70.2 Å². The molecule has 0 aliphatic rings. The Kier molecular flexibility index (Phi) is 7.60. The van der Waals surface area contributed by atoms with Crippen molar-refractivity contribution in [2.45, 2.75) is 33.7 Å². The standard InChI is InChI=1S/C17H27N3O2/c1-5-18-10-11-19-17(22)15(12(2)3)20-16(21)14-9-7-6-8-13(14)4/h6-9,12,15,18H,5,10-11H2,1-4H3,(H,19,22)(H,20,21). The highest BCUT2D eigenvalue weighted by molar-refractivity contribution is 5.98. The van der Waals surface area contributed by atoms with Crippen LogP contribution in [-0.2, 0) is 4.79 Å². The lowest BCUT2D eigenvalue weighted by atomic mass is 10.0. The highest BCUT2D eigenvalue weighted by Gasteiger charge is 2.24. The second-order valence-corrected chi connectivity index (χ2v) is 5.65. The molecule has 2 amide bonds. The van der Waals surface area contributed by atoms with Crippen molar-refractivity contribution in [2.24, 2.45) is 5.92 Å². The van der Waals surface area contributed by atoms with Gasteiger partial charge in [-0.05, 0) is 31.0 Å². The minimum Gasteiger partial charge on any atom is -0.353 e. The van der Waals surface area contributed by atoms with Crippen molar-refractivity contribution in [3.05, 3.63) is 35.4 Å². The number of aryl methyl sites for hydroxylation is 1. The summed E-state index contributed by atoms with van der Waals surface area (Å²) in [5.74, 6) is -0.333. The fourth-order valence-corrected chi connectivity index (χ4v) is 2.14. The summed E-state index contributed by atoms with van der Waals surface area (Å²) in [6.45, 7) is 9.89. The summed E-state index contributed by atoms with van der Waals surface area (Å²) in [5, 5.41) is 8.84. The van der Waals surface area contributed by atoms with Gasteiger partial charge in [-0.25, -0.2) is 0 Å². The molecule has 0 radical (unpaired) electrons. The van der Waals surface area contributed by atoms with Crippen LogP contribution in [-0.4, -0.2) is 37.5 Å². The number of rotatable bonds is 8. The van der Waals surface area contributed by atoms with Crippen molar-refractivity contribution in [3.63, 3.8) is 0 Å². The van der Waals surface area contributed by atoms with Crippen LogP contribution in [0.25, 0.3) is 0 Å². The third-order valence-corrected chi connectivity index (χ3v) is 3.48. The zero-order valence-corrected chi connectivity index (χ0v) is 13.9. The molecule has 0 fully saturated rings. The maximum absolute atomic E-state index is 12.4. The zero-order valence-electron chi connectivity index (χ0n) is 13.9. The van der Waals surface area contributed by atoms with Gasteiger partial charge in [0, 0.05) is 18.7 Å². The number of carbonyl (C=O) groups is 2. The summed E-state index contributed by atoms with van der Waals surface area (Å²) in [6, 6.07) is 6.83. The molecule has 0 aliphatic heterocycles. The average molecular weight is 305 g/mol. The monoisotopic (exact) mass is 305 g/mol. The number of carbonyl (C=O) groups excluding carboxylic acids is 2. The molecule has 1 atom stereocenters. The molecule has 0 saturated carbocycles. The highest BCUT2D eigenvalue weighted by atomic mass is 16.2. The number of amides is 2. The van der Waals surface area contributed by atoms with E-state index in [-0.39, 0.29) is 17.7 Å². The summed E-state index contributed by atoms with van der Waals surface area (Å²) >= 11 is 0. The molecule has 5 heteroatoms. The van der Waals surface area contributed by atoms with Gasteiger partial charge in [-0.2, -0.15) is 0 Å². The Morgan fingerprint density at radius 2 is 1.82 bits per heavy atom. The lowest BCUT2D eigenvalue weighted by molar-refractivity contribution is -0.123. The molecule has 1 rings (SSSR count). The van der Waals surface area contributed by atoms with Crippen LogP contribution in [0.3, 0.4) is 0 Å². The van der Waals surface area contributed by atoms with Crippen LogP contribution in [0, 0.1) is 12.8 Å². The quantitative estimate of drug-likeness (QED) is 0.637. The van der Waals surface area contributed by atoms with Crippen LogP contribution in [0.15, 0.2) is 24.3 Å². The molecular weight excluding hydrogens is 278 g/mol. The number of hydrogen-bond donors (Lipinski definition) is 3. The van der Waals surface area contributed by atoms with E-state index in [0.29, 0.717) is 12.1 Å². The molecule has 0 spiro atoms. The average Bonchev–Trinajstić information content (AvgIpc) is 2.49. The lowest BCUT2D eigenvalue weighted by Crippen LogP contribution is -2.50. The van der Waals surface area contributed by atoms with Crippen LogP contribution >= 0.6 is 0 Å². The van der Waals surface area contributed by atoms with Gasteiger partial charge in [0.25, 0.3) is 5.91 Å². The van der Waals surface area contributed by atoms with Gasteiger partial charge < -0.3 is 16.0 Å². The fourth-order valence-electron chi connectivity index (χ4n) is 2.14. The Morgan fingerprint density at radius 1 is 1.14 bits per heavy atom. The first-order valence-electron chi connectivity index (χ1n) is 7.82. The van der Waals surface area contributed by atoms with Crippen molar-refractivity contribution >= 4 is 11.8 Å². The summed E-state index contributed by atoms with van der Waals surface area (Å²) in [7, 11) is 0. The fraction of sp³-hybridized carbons (Fsp3) is 0.529. The van der Waals surface area contributed by atoms with Crippen LogP contribution < -0.4 is 16.0 Å². The predicted octanol–water partition coefficient (Wildman–Crippen LogP) is 1.48.